The van der Waals surface area contributed by atoms with E-state index in [9.17, 15) is 9.90 Å². The number of amides is 1. The Kier molecular flexibility index (Phi) is 3.53. The van der Waals surface area contributed by atoms with Gasteiger partial charge in [-0.3, -0.25) is 9.48 Å². The van der Waals surface area contributed by atoms with E-state index in [-0.39, 0.29) is 18.1 Å². The Labute approximate surface area is 105 Å². The second-order valence-electron chi connectivity index (χ2n) is 4.63. The number of carbonyl (C=O) groups excluding carboxylic acids is 1. The Hall–Kier alpha value is -1.60. The van der Waals surface area contributed by atoms with Crippen LogP contribution < -0.4 is 11.1 Å². The summed E-state index contributed by atoms with van der Waals surface area (Å²) in [6, 6.07) is 0. The monoisotopic (exact) mass is 254 g/mol. The Morgan fingerprint density at radius 2 is 2.33 bits per heavy atom. The number of rotatable bonds is 3. The van der Waals surface area contributed by atoms with Crippen molar-refractivity contribution in [1.82, 2.24) is 15.1 Å². The fraction of sp³-hybridized carbons (Fsp3) is 0.636. The van der Waals surface area contributed by atoms with Crippen molar-refractivity contribution in [2.75, 3.05) is 25.5 Å². The lowest BCUT2D eigenvalue weighted by molar-refractivity contribution is -0.0605. The summed E-state index contributed by atoms with van der Waals surface area (Å²) >= 11 is 0. The molecule has 0 spiro atoms. The zero-order valence-electron chi connectivity index (χ0n) is 10.3. The van der Waals surface area contributed by atoms with Gasteiger partial charge in [0.1, 0.15) is 0 Å². The van der Waals surface area contributed by atoms with E-state index in [0.717, 1.165) is 0 Å². The number of nitrogen functional groups attached to an aromatic ring is 1. The van der Waals surface area contributed by atoms with Crippen LogP contribution in [0, 0.1) is 0 Å². The van der Waals surface area contributed by atoms with E-state index in [0.29, 0.717) is 31.7 Å². The lowest BCUT2D eigenvalue weighted by Crippen LogP contribution is -2.46. The Balaban J connectivity index is 1.94. The number of aliphatic hydroxyl groups is 1. The van der Waals surface area contributed by atoms with Gasteiger partial charge in [0.25, 0.3) is 5.91 Å². The first-order chi connectivity index (χ1) is 8.50. The van der Waals surface area contributed by atoms with Gasteiger partial charge in [0.15, 0.2) is 5.69 Å². The number of aryl methyl sites for hydroxylation is 1. The van der Waals surface area contributed by atoms with Crippen LogP contribution in [-0.4, -0.2) is 46.2 Å². The van der Waals surface area contributed by atoms with Gasteiger partial charge >= 0.3 is 0 Å². The summed E-state index contributed by atoms with van der Waals surface area (Å²) in [6.07, 6.45) is 2.61. The van der Waals surface area contributed by atoms with Crippen LogP contribution in [0.1, 0.15) is 23.3 Å². The number of nitrogens with one attached hydrogen (secondary N) is 1. The van der Waals surface area contributed by atoms with E-state index in [1.165, 1.54) is 4.68 Å². The summed E-state index contributed by atoms with van der Waals surface area (Å²) in [5.41, 5.74) is 5.28. The summed E-state index contributed by atoms with van der Waals surface area (Å²) < 4.78 is 6.65. The predicted molar refractivity (Wildman–Crippen MR) is 65.0 cm³/mol. The van der Waals surface area contributed by atoms with E-state index in [1.807, 2.05) is 0 Å². The average Bonchev–Trinajstić information content (AvgIpc) is 2.67. The van der Waals surface area contributed by atoms with Crippen LogP contribution in [0.4, 0.5) is 5.69 Å². The van der Waals surface area contributed by atoms with Gasteiger partial charge in [-0.15, -0.1) is 0 Å². The van der Waals surface area contributed by atoms with E-state index in [1.54, 1.807) is 13.2 Å². The van der Waals surface area contributed by atoms with E-state index in [4.69, 9.17) is 10.5 Å². The zero-order chi connectivity index (χ0) is 13.2. The summed E-state index contributed by atoms with van der Waals surface area (Å²) in [7, 11) is 1.69. The van der Waals surface area contributed by atoms with Gasteiger partial charge < -0.3 is 20.9 Å². The van der Waals surface area contributed by atoms with Crippen LogP contribution in [-0.2, 0) is 11.8 Å². The molecule has 1 fully saturated rings. The van der Waals surface area contributed by atoms with Crippen LogP contribution in [0.3, 0.4) is 0 Å². The number of ether oxygens (including phenoxy) is 1. The third-order valence-electron chi connectivity index (χ3n) is 3.07. The van der Waals surface area contributed by atoms with Crippen molar-refractivity contribution < 1.29 is 14.6 Å². The molecule has 7 heteroatoms. The largest absolute Gasteiger partial charge is 0.396 e. The summed E-state index contributed by atoms with van der Waals surface area (Å²) in [6.45, 7) is 1.21. The molecule has 2 rings (SSSR count). The number of nitrogens with zero attached hydrogens (tertiary/aromatic N) is 2. The number of hydrogen-bond donors (Lipinski definition) is 3. The number of hydrogen-bond acceptors (Lipinski definition) is 5. The summed E-state index contributed by atoms with van der Waals surface area (Å²) in [5.74, 6) is -0.368. The molecule has 1 aliphatic heterocycles. The second kappa shape index (κ2) is 4.95. The molecular weight excluding hydrogens is 236 g/mol. The second-order valence-corrected chi connectivity index (χ2v) is 4.63. The van der Waals surface area contributed by atoms with Crippen LogP contribution in [0.25, 0.3) is 0 Å². The molecule has 4 N–H and O–H groups in total. The molecule has 2 heterocycles. The topological polar surface area (TPSA) is 102 Å². The van der Waals surface area contributed by atoms with Crippen LogP contribution in [0.5, 0.6) is 0 Å². The first-order valence-corrected chi connectivity index (χ1v) is 5.88. The molecule has 100 valence electrons. The number of aromatic nitrogens is 2. The molecule has 0 aliphatic carbocycles. The standard InChI is InChI=1S/C11H18N4O3/c1-15-6-8(12)9(14-15)10(16)13-7-11(17)2-4-18-5-3-11/h6,17H,2-5,7,12H2,1H3,(H,13,16). The SMILES string of the molecule is Cn1cc(N)c(C(=O)NCC2(O)CCOCC2)n1. The molecular formula is C11H18N4O3. The molecule has 0 aromatic carbocycles. The van der Waals surface area contributed by atoms with Gasteiger partial charge in [-0.05, 0) is 0 Å². The van der Waals surface area contributed by atoms with Crippen molar-refractivity contribution in [1.29, 1.82) is 0 Å². The fourth-order valence-electron chi connectivity index (χ4n) is 1.94. The maximum absolute atomic E-state index is 11.9. The molecule has 1 saturated heterocycles. The lowest BCUT2D eigenvalue weighted by Gasteiger charge is -2.31. The number of anilines is 1. The first-order valence-electron chi connectivity index (χ1n) is 5.88. The summed E-state index contributed by atoms with van der Waals surface area (Å²) in [5, 5.41) is 16.8. The van der Waals surface area contributed by atoms with Gasteiger partial charge in [0.05, 0.1) is 11.3 Å². The third-order valence-corrected chi connectivity index (χ3v) is 3.07. The highest BCUT2D eigenvalue weighted by Crippen LogP contribution is 2.19. The molecule has 0 unspecified atom stereocenters. The van der Waals surface area contributed by atoms with Crippen molar-refractivity contribution in [3.8, 4) is 0 Å². The number of nitrogens with two attached hydrogens (primary N) is 1. The highest BCUT2D eigenvalue weighted by atomic mass is 16.5. The third kappa shape index (κ3) is 2.80. The molecule has 7 nitrogen and oxygen atoms in total. The van der Waals surface area contributed by atoms with E-state index in [2.05, 4.69) is 10.4 Å². The lowest BCUT2D eigenvalue weighted by atomic mass is 9.94. The normalized spacial score (nSPS) is 18.6. The fourth-order valence-corrected chi connectivity index (χ4v) is 1.94. The van der Waals surface area contributed by atoms with Gasteiger partial charge in [-0.2, -0.15) is 5.10 Å². The highest BCUT2D eigenvalue weighted by Gasteiger charge is 2.30. The predicted octanol–water partition coefficient (Wildman–Crippen LogP) is -0.726. The molecule has 1 aromatic heterocycles. The molecule has 0 bridgehead atoms. The molecule has 1 amide bonds. The first kappa shape index (κ1) is 12.8. The van der Waals surface area contributed by atoms with Crippen molar-refractivity contribution in [2.45, 2.75) is 18.4 Å². The maximum atomic E-state index is 11.9. The maximum Gasteiger partial charge on any atom is 0.274 e. The van der Waals surface area contributed by atoms with Crippen molar-refractivity contribution >= 4 is 11.6 Å². The minimum Gasteiger partial charge on any atom is -0.396 e. The number of carbonyl (C=O) groups is 1. The van der Waals surface area contributed by atoms with Crippen LogP contribution in [0.2, 0.25) is 0 Å². The minimum atomic E-state index is -0.891. The zero-order valence-corrected chi connectivity index (χ0v) is 10.3. The smallest absolute Gasteiger partial charge is 0.274 e. The highest BCUT2D eigenvalue weighted by molar-refractivity contribution is 5.97. The molecule has 0 saturated carbocycles. The van der Waals surface area contributed by atoms with Crippen LogP contribution >= 0.6 is 0 Å². The molecule has 0 radical (unpaired) electrons. The molecule has 1 aromatic rings. The van der Waals surface area contributed by atoms with Crippen molar-refractivity contribution in [3.63, 3.8) is 0 Å². The van der Waals surface area contributed by atoms with Gasteiger partial charge in [0.2, 0.25) is 0 Å². The van der Waals surface area contributed by atoms with Crippen molar-refractivity contribution in [2.24, 2.45) is 7.05 Å². The summed E-state index contributed by atoms with van der Waals surface area (Å²) in [4.78, 5) is 11.9. The molecule has 18 heavy (non-hydrogen) atoms. The minimum absolute atomic E-state index is 0.186. The Bertz CT molecular complexity index is 437. The Morgan fingerprint density at radius 1 is 1.67 bits per heavy atom. The quantitative estimate of drug-likeness (QED) is 0.660. The van der Waals surface area contributed by atoms with Gasteiger partial charge in [-0.25, -0.2) is 0 Å². The van der Waals surface area contributed by atoms with E-state index >= 15 is 0 Å². The van der Waals surface area contributed by atoms with Gasteiger partial charge in [0, 0.05) is 45.8 Å². The average molecular weight is 254 g/mol. The van der Waals surface area contributed by atoms with Crippen LogP contribution in [0.15, 0.2) is 6.20 Å². The Morgan fingerprint density at radius 3 is 2.89 bits per heavy atom. The van der Waals surface area contributed by atoms with E-state index < -0.39 is 5.60 Å². The van der Waals surface area contributed by atoms with Gasteiger partial charge in [-0.1, -0.05) is 0 Å². The van der Waals surface area contributed by atoms with Crippen molar-refractivity contribution in [3.05, 3.63) is 11.9 Å². The molecule has 1 aliphatic rings. The molecule has 0 atom stereocenters.